The topological polar surface area (TPSA) is 67.2 Å². The van der Waals surface area contributed by atoms with Crippen molar-refractivity contribution in [2.75, 3.05) is 26.0 Å². The summed E-state index contributed by atoms with van der Waals surface area (Å²) in [5.41, 5.74) is 1.47. The van der Waals surface area contributed by atoms with E-state index in [2.05, 4.69) is 10.6 Å². The van der Waals surface area contributed by atoms with E-state index in [-0.39, 0.29) is 10.6 Å². The zero-order valence-corrected chi connectivity index (χ0v) is 10.1. The molecule has 2 N–H and O–H groups in total. The lowest BCUT2D eigenvalue weighted by molar-refractivity contribution is -0.383. The van der Waals surface area contributed by atoms with Crippen molar-refractivity contribution in [3.8, 4) is 0 Å². The summed E-state index contributed by atoms with van der Waals surface area (Å²) in [4.78, 5) is 10.5. The first-order chi connectivity index (χ1) is 8.19. The van der Waals surface area contributed by atoms with Crippen molar-refractivity contribution in [3.63, 3.8) is 0 Å². The smallest absolute Gasteiger partial charge is 0.292 e. The van der Waals surface area contributed by atoms with Crippen molar-refractivity contribution < 1.29 is 4.92 Å². The molecule has 0 saturated heterocycles. The number of nitrogens with zero attached hydrogens (tertiary/aromatic N) is 1. The molecule has 0 aromatic heterocycles. The van der Waals surface area contributed by atoms with Crippen molar-refractivity contribution in [1.82, 2.24) is 5.32 Å². The van der Waals surface area contributed by atoms with Gasteiger partial charge in [-0.2, -0.15) is 0 Å². The Morgan fingerprint density at radius 2 is 2.18 bits per heavy atom. The molecule has 0 spiro atoms. The van der Waals surface area contributed by atoms with E-state index in [0.29, 0.717) is 5.69 Å². The summed E-state index contributed by atoms with van der Waals surface area (Å²) in [7, 11) is 3.56. The van der Waals surface area contributed by atoms with Crippen LogP contribution in [-0.2, 0) is 0 Å². The summed E-state index contributed by atoms with van der Waals surface area (Å²) in [5, 5.41) is 16.7. The molecule has 1 rings (SSSR count). The van der Waals surface area contributed by atoms with Gasteiger partial charge in [-0.25, -0.2) is 0 Å². The molecule has 5 nitrogen and oxygen atoms in total. The largest absolute Gasteiger partial charge is 0.383 e. The predicted molar refractivity (Wildman–Crippen MR) is 70.2 cm³/mol. The van der Waals surface area contributed by atoms with Crippen molar-refractivity contribution in [2.24, 2.45) is 0 Å². The molecule has 17 heavy (non-hydrogen) atoms. The van der Waals surface area contributed by atoms with E-state index in [4.69, 9.17) is 0 Å². The Kier molecular flexibility index (Phi) is 5.16. The van der Waals surface area contributed by atoms with Crippen molar-refractivity contribution in [3.05, 3.63) is 40.0 Å². The molecule has 0 radical (unpaired) electrons. The van der Waals surface area contributed by atoms with Crippen molar-refractivity contribution in [2.45, 2.75) is 6.42 Å². The van der Waals surface area contributed by atoms with Gasteiger partial charge in [-0.3, -0.25) is 10.1 Å². The number of nitro groups is 1. The molecular weight excluding hydrogens is 218 g/mol. The summed E-state index contributed by atoms with van der Waals surface area (Å²) < 4.78 is 0. The van der Waals surface area contributed by atoms with Crippen LogP contribution in [0.5, 0.6) is 0 Å². The van der Waals surface area contributed by atoms with E-state index in [0.717, 1.165) is 18.5 Å². The van der Waals surface area contributed by atoms with Crippen LogP contribution in [0.15, 0.2) is 24.3 Å². The Labute approximate surface area is 101 Å². The van der Waals surface area contributed by atoms with Crippen molar-refractivity contribution in [1.29, 1.82) is 0 Å². The highest BCUT2D eigenvalue weighted by molar-refractivity contribution is 5.66. The first-order valence-corrected chi connectivity index (χ1v) is 5.46. The fourth-order valence-electron chi connectivity index (χ4n) is 1.46. The van der Waals surface area contributed by atoms with Gasteiger partial charge in [0.15, 0.2) is 0 Å². The maximum absolute atomic E-state index is 10.8. The molecule has 92 valence electrons. The molecule has 1 aromatic carbocycles. The standard InChI is InChI=1S/C12H17N3O2/c1-13-8-4-3-5-10-6-7-11(14-2)12(9-10)15(16)17/h3,5-7,9,13-14H,4,8H2,1-2H3. The predicted octanol–water partition coefficient (Wildman–Crippen LogP) is 2.26. The van der Waals surface area contributed by atoms with Crippen LogP contribution in [0.1, 0.15) is 12.0 Å². The molecule has 0 aliphatic heterocycles. The summed E-state index contributed by atoms with van der Waals surface area (Å²) >= 11 is 0. The highest BCUT2D eigenvalue weighted by Crippen LogP contribution is 2.25. The summed E-state index contributed by atoms with van der Waals surface area (Å²) in [6.07, 6.45) is 4.79. The average Bonchev–Trinajstić information content (AvgIpc) is 2.34. The maximum atomic E-state index is 10.8. The fraction of sp³-hybridized carbons (Fsp3) is 0.333. The van der Waals surface area contributed by atoms with Gasteiger partial charge in [0.2, 0.25) is 0 Å². The summed E-state index contributed by atoms with van der Waals surface area (Å²) in [6.45, 7) is 0.896. The SMILES string of the molecule is CNCCC=Cc1ccc(NC)c([N+](=O)[O-])c1. The molecule has 0 aliphatic rings. The Hall–Kier alpha value is -1.88. The molecule has 0 unspecified atom stereocenters. The quantitative estimate of drug-likeness (QED) is 0.451. The molecule has 0 bridgehead atoms. The van der Waals surface area contributed by atoms with Gasteiger partial charge in [0.05, 0.1) is 4.92 Å². The lowest BCUT2D eigenvalue weighted by Gasteiger charge is -2.02. The minimum Gasteiger partial charge on any atom is -0.383 e. The van der Waals surface area contributed by atoms with Gasteiger partial charge >= 0.3 is 0 Å². The van der Waals surface area contributed by atoms with Crippen LogP contribution in [0.3, 0.4) is 0 Å². The first kappa shape index (κ1) is 13.2. The zero-order chi connectivity index (χ0) is 12.7. The summed E-state index contributed by atoms with van der Waals surface area (Å²) in [6, 6.07) is 5.15. The molecule has 0 heterocycles. The third-order valence-electron chi connectivity index (χ3n) is 2.36. The van der Waals surface area contributed by atoms with Gasteiger partial charge in [0.1, 0.15) is 5.69 Å². The lowest BCUT2D eigenvalue weighted by atomic mass is 10.1. The molecule has 0 atom stereocenters. The van der Waals surface area contributed by atoms with E-state index in [1.807, 2.05) is 25.3 Å². The summed E-state index contributed by atoms with van der Waals surface area (Å²) in [5.74, 6) is 0. The number of anilines is 1. The zero-order valence-electron chi connectivity index (χ0n) is 10.1. The molecule has 0 saturated carbocycles. The molecule has 0 aliphatic carbocycles. The van der Waals surface area contributed by atoms with Crippen LogP contribution in [0.25, 0.3) is 6.08 Å². The van der Waals surface area contributed by atoms with E-state index in [1.165, 1.54) is 0 Å². The van der Waals surface area contributed by atoms with Crippen LogP contribution in [0.4, 0.5) is 11.4 Å². The maximum Gasteiger partial charge on any atom is 0.292 e. The van der Waals surface area contributed by atoms with Gasteiger partial charge in [0.25, 0.3) is 5.69 Å². The third-order valence-corrected chi connectivity index (χ3v) is 2.36. The second-order valence-electron chi connectivity index (χ2n) is 3.58. The second-order valence-corrected chi connectivity index (χ2v) is 3.58. The number of nitrogens with one attached hydrogen (secondary N) is 2. The molecule has 5 heteroatoms. The van der Waals surface area contributed by atoms with E-state index in [9.17, 15) is 10.1 Å². The Bertz CT molecular complexity index is 416. The van der Waals surface area contributed by atoms with Crippen LogP contribution < -0.4 is 10.6 Å². The van der Waals surface area contributed by atoms with Gasteiger partial charge in [0, 0.05) is 13.1 Å². The monoisotopic (exact) mass is 235 g/mol. The minimum atomic E-state index is -0.378. The van der Waals surface area contributed by atoms with Crippen molar-refractivity contribution >= 4 is 17.5 Å². The van der Waals surface area contributed by atoms with Crippen LogP contribution in [-0.4, -0.2) is 25.6 Å². The van der Waals surface area contributed by atoms with Crippen LogP contribution in [0.2, 0.25) is 0 Å². The first-order valence-electron chi connectivity index (χ1n) is 5.46. The molecular formula is C12H17N3O2. The Balaban J connectivity index is 2.85. The number of nitro benzene ring substituents is 1. The normalized spacial score (nSPS) is 10.7. The number of hydrogen-bond acceptors (Lipinski definition) is 4. The molecule has 1 aromatic rings. The Morgan fingerprint density at radius 3 is 2.76 bits per heavy atom. The highest BCUT2D eigenvalue weighted by Gasteiger charge is 2.12. The van der Waals surface area contributed by atoms with Gasteiger partial charge in [-0.15, -0.1) is 0 Å². The highest BCUT2D eigenvalue weighted by atomic mass is 16.6. The Morgan fingerprint density at radius 1 is 1.41 bits per heavy atom. The molecule has 0 fully saturated rings. The second kappa shape index (κ2) is 6.65. The number of hydrogen-bond donors (Lipinski definition) is 2. The van der Waals surface area contributed by atoms with Crippen LogP contribution in [0, 0.1) is 10.1 Å². The van der Waals surface area contributed by atoms with E-state index < -0.39 is 0 Å². The minimum absolute atomic E-state index is 0.100. The number of benzene rings is 1. The fourth-order valence-corrected chi connectivity index (χ4v) is 1.46. The van der Waals surface area contributed by atoms with Gasteiger partial charge < -0.3 is 10.6 Å². The number of rotatable bonds is 6. The van der Waals surface area contributed by atoms with E-state index >= 15 is 0 Å². The third kappa shape index (κ3) is 3.88. The van der Waals surface area contributed by atoms with Gasteiger partial charge in [-0.1, -0.05) is 18.2 Å². The van der Waals surface area contributed by atoms with Gasteiger partial charge in [-0.05, 0) is 31.6 Å². The van der Waals surface area contributed by atoms with Crippen LogP contribution >= 0.6 is 0 Å². The van der Waals surface area contributed by atoms with E-state index in [1.54, 1.807) is 19.2 Å². The lowest BCUT2D eigenvalue weighted by Crippen LogP contribution is -2.05. The molecule has 0 amide bonds. The average molecular weight is 235 g/mol.